The van der Waals surface area contributed by atoms with E-state index < -0.39 is 0 Å². The second-order valence-corrected chi connectivity index (χ2v) is 5.83. The van der Waals surface area contributed by atoms with E-state index in [4.69, 9.17) is 4.99 Å². The SMILES string of the molecule is c1ccc2cc(C3=Nc4cccc5cccc(c45)N3)ccc2c1. The molecule has 0 amide bonds. The molecule has 23 heavy (non-hydrogen) atoms. The number of hydrogen-bond donors (Lipinski definition) is 1. The molecule has 0 saturated heterocycles. The van der Waals surface area contributed by atoms with E-state index in [9.17, 15) is 0 Å². The van der Waals surface area contributed by atoms with Gasteiger partial charge in [0, 0.05) is 16.6 Å². The van der Waals surface area contributed by atoms with Gasteiger partial charge in [-0.15, -0.1) is 0 Å². The highest BCUT2D eigenvalue weighted by Gasteiger charge is 2.15. The van der Waals surface area contributed by atoms with Crippen molar-refractivity contribution in [3.63, 3.8) is 0 Å². The van der Waals surface area contributed by atoms with Crippen molar-refractivity contribution in [2.24, 2.45) is 4.99 Å². The zero-order valence-corrected chi connectivity index (χ0v) is 12.5. The van der Waals surface area contributed by atoms with Crippen LogP contribution in [0.5, 0.6) is 0 Å². The Morgan fingerprint density at radius 1 is 0.652 bits per heavy atom. The van der Waals surface area contributed by atoms with Gasteiger partial charge in [-0.25, -0.2) is 4.99 Å². The van der Waals surface area contributed by atoms with Crippen LogP contribution < -0.4 is 5.32 Å². The zero-order chi connectivity index (χ0) is 15.2. The number of fused-ring (bicyclic) bond motifs is 1. The molecule has 2 nitrogen and oxygen atoms in total. The Hall–Kier alpha value is -3.13. The predicted octanol–water partition coefficient (Wildman–Crippen LogP) is 5.50. The molecule has 5 rings (SSSR count). The Morgan fingerprint density at radius 3 is 2.35 bits per heavy atom. The predicted molar refractivity (Wildman–Crippen MR) is 97.7 cm³/mol. The molecular formula is C21H14N2. The number of nitrogens with zero attached hydrogens (tertiary/aromatic N) is 1. The van der Waals surface area contributed by atoms with Gasteiger partial charge in [0.25, 0.3) is 0 Å². The van der Waals surface area contributed by atoms with Crippen LogP contribution in [0.25, 0.3) is 21.5 Å². The maximum absolute atomic E-state index is 4.85. The number of rotatable bonds is 1. The summed E-state index contributed by atoms with van der Waals surface area (Å²) in [7, 11) is 0. The Balaban J connectivity index is 1.71. The molecule has 0 aromatic heterocycles. The normalized spacial score (nSPS) is 13.0. The number of amidine groups is 1. The summed E-state index contributed by atoms with van der Waals surface area (Å²) in [5, 5.41) is 8.38. The third-order valence-electron chi connectivity index (χ3n) is 4.39. The number of nitrogens with one attached hydrogen (secondary N) is 1. The van der Waals surface area contributed by atoms with Crippen molar-refractivity contribution in [3.05, 3.63) is 84.4 Å². The first kappa shape index (κ1) is 12.4. The van der Waals surface area contributed by atoms with E-state index in [2.05, 4.69) is 84.2 Å². The molecule has 0 aliphatic carbocycles. The summed E-state index contributed by atoms with van der Waals surface area (Å²) in [6.45, 7) is 0. The van der Waals surface area contributed by atoms with Gasteiger partial charge < -0.3 is 5.32 Å². The molecule has 0 spiro atoms. The maximum atomic E-state index is 4.85. The maximum Gasteiger partial charge on any atom is 0.138 e. The average Bonchev–Trinajstić information content (AvgIpc) is 2.62. The van der Waals surface area contributed by atoms with Crippen molar-refractivity contribution in [1.29, 1.82) is 0 Å². The van der Waals surface area contributed by atoms with Crippen molar-refractivity contribution in [2.75, 3.05) is 5.32 Å². The topological polar surface area (TPSA) is 24.4 Å². The number of anilines is 1. The van der Waals surface area contributed by atoms with Gasteiger partial charge in [0.15, 0.2) is 0 Å². The van der Waals surface area contributed by atoms with Crippen molar-refractivity contribution in [3.8, 4) is 0 Å². The third-order valence-corrected chi connectivity index (χ3v) is 4.39. The highest BCUT2D eigenvalue weighted by atomic mass is 15.0. The van der Waals surface area contributed by atoms with Crippen molar-refractivity contribution in [2.45, 2.75) is 0 Å². The van der Waals surface area contributed by atoms with Gasteiger partial charge in [-0.2, -0.15) is 0 Å². The summed E-state index contributed by atoms with van der Waals surface area (Å²) in [6, 6.07) is 27.5. The van der Waals surface area contributed by atoms with Crippen molar-refractivity contribution >= 4 is 38.8 Å². The van der Waals surface area contributed by atoms with E-state index in [0.29, 0.717) is 0 Å². The minimum Gasteiger partial charge on any atom is -0.339 e. The molecule has 0 fully saturated rings. The van der Waals surface area contributed by atoms with E-state index in [1.807, 2.05) is 0 Å². The smallest absolute Gasteiger partial charge is 0.138 e. The molecule has 1 aliphatic rings. The van der Waals surface area contributed by atoms with Gasteiger partial charge in [0.05, 0.1) is 5.69 Å². The number of benzene rings is 4. The van der Waals surface area contributed by atoms with Gasteiger partial charge in [-0.05, 0) is 34.4 Å². The van der Waals surface area contributed by atoms with E-state index >= 15 is 0 Å². The fourth-order valence-electron chi connectivity index (χ4n) is 3.27. The Kier molecular flexibility index (Phi) is 2.53. The van der Waals surface area contributed by atoms with Crippen LogP contribution in [0.15, 0.2) is 83.9 Å². The Bertz CT molecular complexity index is 1090. The first-order valence-corrected chi connectivity index (χ1v) is 7.75. The van der Waals surface area contributed by atoms with Crippen molar-refractivity contribution < 1.29 is 0 Å². The van der Waals surface area contributed by atoms with Crippen LogP contribution >= 0.6 is 0 Å². The van der Waals surface area contributed by atoms with Crippen LogP contribution in [-0.4, -0.2) is 5.84 Å². The second-order valence-electron chi connectivity index (χ2n) is 5.83. The van der Waals surface area contributed by atoms with Crippen molar-refractivity contribution in [1.82, 2.24) is 0 Å². The molecule has 0 unspecified atom stereocenters. The van der Waals surface area contributed by atoms with Crippen LogP contribution in [0.3, 0.4) is 0 Å². The van der Waals surface area contributed by atoms with Crippen LogP contribution in [0, 0.1) is 0 Å². The summed E-state index contributed by atoms with van der Waals surface area (Å²) in [5.74, 6) is 0.905. The van der Waals surface area contributed by atoms with Crippen LogP contribution in [0.4, 0.5) is 11.4 Å². The number of aliphatic imine (C=N–C) groups is 1. The lowest BCUT2D eigenvalue weighted by atomic mass is 10.0. The monoisotopic (exact) mass is 294 g/mol. The standard InChI is InChI=1S/C21H14N2/c1-2-6-16-13-17(12-11-14(16)5-1)21-22-18-9-3-7-15-8-4-10-19(23-21)20(15)18/h1-13H,(H,22,23). The van der Waals surface area contributed by atoms with E-state index in [0.717, 1.165) is 22.8 Å². The molecule has 2 heteroatoms. The largest absolute Gasteiger partial charge is 0.339 e. The van der Waals surface area contributed by atoms with E-state index in [-0.39, 0.29) is 0 Å². The Morgan fingerprint density at radius 2 is 1.43 bits per heavy atom. The molecule has 0 atom stereocenters. The van der Waals surface area contributed by atoms with E-state index in [1.165, 1.54) is 21.5 Å². The molecule has 1 aliphatic heterocycles. The van der Waals surface area contributed by atoms with Crippen LogP contribution in [0.1, 0.15) is 5.56 Å². The van der Waals surface area contributed by atoms with Crippen LogP contribution in [0.2, 0.25) is 0 Å². The van der Waals surface area contributed by atoms with Gasteiger partial charge in [-0.1, -0.05) is 60.7 Å². The fourth-order valence-corrected chi connectivity index (χ4v) is 3.27. The summed E-state index contributed by atoms with van der Waals surface area (Å²) >= 11 is 0. The van der Waals surface area contributed by atoms with Gasteiger partial charge in [0.2, 0.25) is 0 Å². The third kappa shape index (κ3) is 1.92. The molecular weight excluding hydrogens is 280 g/mol. The first-order valence-electron chi connectivity index (χ1n) is 7.75. The zero-order valence-electron chi connectivity index (χ0n) is 12.5. The lowest BCUT2D eigenvalue weighted by Gasteiger charge is -2.19. The van der Waals surface area contributed by atoms with Gasteiger partial charge >= 0.3 is 0 Å². The molecule has 0 bridgehead atoms. The lowest BCUT2D eigenvalue weighted by Crippen LogP contribution is -2.16. The first-order chi connectivity index (χ1) is 11.4. The molecule has 1 N–H and O–H groups in total. The van der Waals surface area contributed by atoms with Gasteiger partial charge in [-0.3, -0.25) is 0 Å². The summed E-state index contributed by atoms with van der Waals surface area (Å²) in [6.07, 6.45) is 0. The molecule has 108 valence electrons. The molecule has 1 heterocycles. The molecule has 4 aromatic carbocycles. The second kappa shape index (κ2) is 4.68. The average molecular weight is 294 g/mol. The minimum absolute atomic E-state index is 0.905. The summed E-state index contributed by atoms with van der Waals surface area (Å²) < 4.78 is 0. The lowest BCUT2D eigenvalue weighted by molar-refractivity contribution is 1.47. The summed E-state index contributed by atoms with van der Waals surface area (Å²) in [4.78, 5) is 4.85. The highest BCUT2D eigenvalue weighted by molar-refractivity contribution is 6.19. The van der Waals surface area contributed by atoms with Gasteiger partial charge in [0.1, 0.15) is 5.84 Å². The Labute approximate surface area is 134 Å². The molecule has 0 radical (unpaired) electrons. The van der Waals surface area contributed by atoms with Crippen LogP contribution in [-0.2, 0) is 0 Å². The number of hydrogen-bond acceptors (Lipinski definition) is 2. The minimum atomic E-state index is 0.905. The highest BCUT2D eigenvalue weighted by Crippen LogP contribution is 2.36. The molecule has 0 saturated carbocycles. The molecule has 4 aromatic rings. The van der Waals surface area contributed by atoms with E-state index in [1.54, 1.807) is 0 Å². The quantitative estimate of drug-likeness (QED) is 0.492. The summed E-state index contributed by atoms with van der Waals surface area (Å²) in [5.41, 5.74) is 3.26. The fraction of sp³-hybridized carbons (Fsp3) is 0.